The minimum atomic E-state index is 0.0658. The molecule has 3 nitrogen and oxygen atoms in total. The van der Waals surface area contributed by atoms with Gasteiger partial charge in [0.1, 0.15) is 0 Å². The van der Waals surface area contributed by atoms with Crippen molar-refractivity contribution in [3.05, 3.63) is 29.8 Å². The van der Waals surface area contributed by atoms with Crippen LogP contribution in [0.4, 0.5) is 5.69 Å². The lowest BCUT2D eigenvalue weighted by Crippen LogP contribution is -2.35. The van der Waals surface area contributed by atoms with E-state index in [1.165, 1.54) is 11.3 Å². The van der Waals surface area contributed by atoms with Crippen LogP contribution >= 0.6 is 0 Å². The molecule has 1 fully saturated rings. The summed E-state index contributed by atoms with van der Waals surface area (Å²) in [6.07, 6.45) is 1.04. The van der Waals surface area contributed by atoms with Crippen LogP contribution in [0.2, 0.25) is 0 Å². The fourth-order valence-corrected chi connectivity index (χ4v) is 2.22. The van der Waals surface area contributed by atoms with Crippen molar-refractivity contribution in [3.63, 3.8) is 0 Å². The number of hydrogen-bond acceptors (Lipinski definition) is 2. The maximum Gasteiger partial charge on any atom is 0.217 e. The minimum absolute atomic E-state index is 0.0658. The van der Waals surface area contributed by atoms with Crippen LogP contribution < -0.4 is 10.2 Å². The number of nitrogens with one attached hydrogen (secondary N) is 1. The van der Waals surface area contributed by atoms with Crippen molar-refractivity contribution in [2.75, 3.05) is 18.0 Å². The third kappa shape index (κ3) is 2.54. The average molecular weight is 218 g/mol. The molecular formula is C13H18N2O. The summed E-state index contributed by atoms with van der Waals surface area (Å²) in [5.74, 6) is 0.0658. The maximum absolute atomic E-state index is 11.0. The van der Waals surface area contributed by atoms with Crippen LogP contribution in [-0.4, -0.2) is 25.0 Å². The number of aryl methyl sites for hydroxylation is 1. The second kappa shape index (κ2) is 4.56. The third-order valence-corrected chi connectivity index (χ3v) is 2.96. The van der Waals surface area contributed by atoms with Gasteiger partial charge in [0.25, 0.3) is 0 Å². The molecule has 1 atom stereocenters. The number of rotatable bonds is 2. The monoisotopic (exact) mass is 218 g/mol. The van der Waals surface area contributed by atoms with Gasteiger partial charge in [0.2, 0.25) is 5.91 Å². The van der Waals surface area contributed by atoms with Gasteiger partial charge in [-0.1, -0.05) is 12.1 Å². The highest BCUT2D eigenvalue weighted by atomic mass is 16.1. The van der Waals surface area contributed by atoms with Gasteiger partial charge in [-0.05, 0) is 31.0 Å². The van der Waals surface area contributed by atoms with Crippen molar-refractivity contribution >= 4 is 11.6 Å². The Morgan fingerprint density at radius 3 is 3.00 bits per heavy atom. The van der Waals surface area contributed by atoms with E-state index in [0.29, 0.717) is 6.04 Å². The van der Waals surface area contributed by atoms with Crippen LogP contribution in [0.15, 0.2) is 24.3 Å². The molecule has 1 amide bonds. The molecule has 1 aliphatic rings. The molecule has 0 saturated carbocycles. The van der Waals surface area contributed by atoms with Gasteiger partial charge in [-0.15, -0.1) is 0 Å². The SMILES string of the molecule is CC(=O)N[C@H]1CCN(c2cccc(C)c2)C1. The Bertz CT molecular complexity index is 389. The van der Waals surface area contributed by atoms with Crippen LogP contribution in [0.3, 0.4) is 0 Å². The zero-order valence-electron chi connectivity index (χ0n) is 9.86. The molecule has 86 valence electrons. The van der Waals surface area contributed by atoms with E-state index < -0.39 is 0 Å². The molecular weight excluding hydrogens is 200 g/mol. The highest BCUT2D eigenvalue weighted by Crippen LogP contribution is 2.21. The molecule has 1 N–H and O–H groups in total. The first kappa shape index (κ1) is 11.0. The Morgan fingerprint density at radius 2 is 2.31 bits per heavy atom. The van der Waals surface area contributed by atoms with Crippen LogP contribution in [0, 0.1) is 6.92 Å². The summed E-state index contributed by atoms with van der Waals surface area (Å²) in [5, 5.41) is 2.98. The molecule has 0 bridgehead atoms. The summed E-state index contributed by atoms with van der Waals surface area (Å²) in [6.45, 7) is 5.62. The second-order valence-electron chi connectivity index (χ2n) is 4.47. The highest BCUT2D eigenvalue weighted by Gasteiger charge is 2.22. The van der Waals surface area contributed by atoms with Crippen LogP contribution in [0.5, 0.6) is 0 Å². The number of hydrogen-bond donors (Lipinski definition) is 1. The molecule has 1 aromatic rings. The fourth-order valence-electron chi connectivity index (χ4n) is 2.22. The lowest BCUT2D eigenvalue weighted by Gasteiger charge is -2.19. The van der Waals surface area contributed by atoms with Crippen molar-refractivity contribution in [2.45, 2.75) is 26.3 Å². The summed E-state index contributed by atoms with van der Waals surface area (Å²) >= 11 is 0. The quantitative estimate of drug-likeness (QED) is 0.819. The lowest BCUT2D eigenvalue weighted by molar-refractivity contribution is -0.119. The summed E-state index contributed by atoms with van der Waals surface area (Å²) in [4.78, 5) is 13.3. The van der Waals surface area contributed by atoms with E-state index in [4.69, 9.17) is 0 Å². The van der Waals surface area contributed by atoms with Gasteiger partial charge in [-0.3, -0.25) is 4.79 Å². The van der Waals surface area contributed by atoms with Crippen molar-refractivity contribution < 1.29 is 4.79 Å². The Kier molecular flexibility index (Phi) is 3.13. The largest absolute Gasteiger partial charge is 0.369 e. The number of carbonyl (C=O) groups is 1. The van der Waals surface area contributed by atoms with Crippen molar-refractivity contribution in [3.8, 4) is 0 Å². The third-order valence-electron chi connectivity index (χ3n) is 2.96. The number of nitrogens with zero attached hydrogens (tertiary/aromatic N) is 1. The molecule has 1 saturated heterocycles. The zero-order chi connectivity index (χ0) is 11.5. The van der Waals surface area contributed by atoms with E-state index in [1.807, 2.05) is 0 Å². The molecule has 1 aliphatic heterocycles. The molecule has 0 radical (unpaired) electrons. The van der Waals surface area contributed by atoms with E-state index in [-0.39, 0.29) is 5.91 Å². The van der Waals surface area contributed by atoms with Gasteiger partial charge in [-0.2, -0.15) is 0 Å². The highest BCUT2D eigenvalue weighted by molar-refractivity contribution is 5.73. The van der Waals surface area contributed by atoms with E-state index in [1.54, 1.807) is 6.92 Å². The molecule has 0 spiro atoms. The molecule has 16 heavy (non-hydrogen) atoms. The van der Waals surface area contributed by atoms with Crippen LogP contribution in [0.1, 0.15) is 18.9 Å². The molecule has 1 aromatic carbocycles. The first-order valence-electron chi connectivity index (χ1n) is 5.74. The predicted molar refractivity (Wildman–Crippen MR) is 65.6 cm³/mol. The standard InChI is InChI=1S/C13H18N2O/c1-10-4-3-5-13(8-10)15-7-6-12(9-15)14-11(2)16/h3-5,8,12H,6-7,9H2,1-2H3,(H,14,16)/t12-/m0/s1. The number of benzene rings is 1. The Balaban J connectivity index is 2.00. The van der Waals surface area contributed by atoms with Gasteiger partial charge in [0.15, 0.2) is 0 Å². The van der Waals surface area contributed by atoms with Crippen molar-refractivity contribution in [1.82, 2.24) is 5.32 Å². The fraction of sp³-hybridized carbons (Fsp3) is 0.462. The lowest BCUT2D eigenvalue weighted by atomic mass is 10.2. The number of anilines is 1. The van der Waals surface area contributed by atoms with Gasteiger partial charge >= 0.3 is 0 Å². The summed E-state index contributed by atoms with van der Waals surface area (Å²) in [6, 6.07) is 8.80. The van der Waals surface area contributed by atoms with Crippen molar-refractivity contribution in [1.29, 1.82) is 0 Å². The van der Waals surface area contributed by atoms with Crippen LogP contribution in [0.25, 0.3) is 0 Å². The van der Waals surface area contributed by atoms with Crippen LogP contribution in [-0.2, 0) is 4.79 Å². The van der Waals surface area contributed by atoms with Gasteiger partial charge in [0.05, 0.1) is 0 Å². The molecule has 2 rings (SSSR count). The second-order valence-corrected chi connectivity index (χ2v) is 4.47. The topological polar surface area (TPSA) is 32.3 Å². The average Bonchev–Trinajstić information content (AvgIpc) is 2.65. The minimum Gasteiger partial charge on any atom is -0.369 e. The van der Waals surface area contributed by atoms with Gasteiger partial charge < -0.3 is 10.2 Å². The predicted octanol–water partition coefficient (Wildman–Crippen LogP) is 1.71. The normalized spacial score (nSPS) is 19.9. The van der Waals surface area contributed by atoms with E-state index in [0.717, 1.165) is 19.5 Å². The first-order valence-corrected chi connectivity index (χ1v) is 5.74. The van der Waals surface area contributed by atoms with Gasteiger partial charge in [0, 0.05) is 31.7 Å². The molecule has 1 heterocycles. The number of amides is 1. The molecule has 3 heteroatoms. The van der Waals surface area contributed by atoms with E-state index in [9.17, 15) is 4.79 Å². The Labute approximate surface area is 96.5 Å². The molecule has 0 aliphatic carbocycles. The smallest absolute Gasteiger partial charge is 0.217 e. The molecule has 0 aromatic heterocycles. The number of carbonyl (C=O) groups excluding carboxylic acids is 1. The van der Waals surface area contributed by atoms with E-state index in [2.05, 4.69) is 41.4 Å². The molecule has 0 unspecified atom stereocenters. The van der Waals surface area contributed by atoms with E-state index >= 15 is 0 Å². The zero-order valence-corrected chi connectivity index (χ0v) is 9.86. The maximum atomic E-state index is 11.0. The first-order chi connectivity index (χ1) is 7.65. The van der Waals surface area contributed by atoms with Crippen molar-refractivity contribution in [2.24, 2.45) is 0 Å². The summed E-state index contributed by atoms with van der Waals surface area (Å²) < 4.78 is 0. The summed E-state index contributed by atoms with van der Waals surface area (Å²) in [5.41, 5.74) is 2.54. The Morgan fingerprint density at radius 1 is 1.50 bits per heavy atom. The van der Waals surface area contributed by atoms with Gasteiger partial charge in [-0.25, -0.2) is 0 Å². The Hall–Kier alpha value is -1.51. The summed E-state index contributed by atoms with van der Waals surface area (Å²) in [7, 11) is 0.